The minimum Gasteiger partial charge on any atom is -0.287 e. The zero-order valence-electron chi connectivity index (χ0n) is 11.7. The molecule has 2 aromatic carbocycles. The van der Waals surface area contributed by atoms with E-state index in [1.54, 1.807) is 11.3 Å². The molecule has 0 fully saturated rings. The number of imidazole rings is 1. The molecule has 21 heavy (non-hydrogen) atoms. The van der Waals surface area contributed by atoms with Crippen molar-refractivity contribution in [3.05, 3.63) is 72.1 Å². The predicted octanol–water partition coefficient (Wildman–Crippen LogP) is 4.72. The van der Waals surface area contributed by atoms with Crippen molar-refractivity contribution in [3.63, 3.8) is 0 Å². The van der Waals surface area contributed by atoms with Gasteiger partial charge in [-0.05, 0) is 37.0 Å². The molecule has 0 unspecified atom stereocenters. The fourth-order valence-corrected chi connectivity index (χ4v) is 3.84. The standard InChI is InChI=1S/C18H16N2S/c1-2-7-14(8-3-1)9-6-10-15-13-19-18-20(15)16-11-4-5-12-17(16)21-18/h1-5,7-8,11-13H,6,9-10H2. The topological polar surface area (TPSA) is 17.3 Å². The van der Waals surface area contributed by atoms with E-state index in [0.717, 1.165) is 24.2 Å². The van der Waals surface area contributed by atoms with Crippen molar-refractivity contribution < 1.29 is 0 Å². The van der Waals surface area contributed by atoms with Gasteiger partial charge in [0.25, 0.3) is 0 Å². The van der Waals surface area contributed by atoms with Gasteiger partial charge >= 0.3 is 0 Å². The maximum atomic E-state index is 4.56. The maximum absolute atomic E-state index is 4.56. The first-order chi connectivity index (χ1) is 10.4. The normalized spacial score (nSPS) is 11.4. The summed E-state index contributed by atoms with van der Waals surface area (Å²) in [5, 5.41) is 0. The van der Waals surface area contributed by atoms with Crippen LogP contribution >= 0.6 is 11.3 Å². The van der Waals surface area contributed by atoms with E-state index in [9.17, 15) is 0 Å². The van der Waals surface area contributed by atoms with Crippen molar-refractivity contribution in [3.8, 4) is 0 Å². The maximum Gasteiger partial charge on any atom is 0.194 e. The van der Waals surface area contributed by atoms with E-state index in [-0.39, 0.29) is 0 Å². The summed E-state index contributed by atoms with van der Waals surface area (Å²) >= 11 is 1.76. The fraction of sp³-hybridized carbons (Fsp3) is 0.167. The first-order valence-electron chi connectivity index (χ1n) is 7.29. The van der Waals surface area contributed by atoms with E-state index in [1.807, 2.05) is 6.20 Å². The van der Waals surface area contributed by atoms with Crippen LogP contribution in [0.25, 0.3) is 15.2 Å². The molecule has 0 bridgehead atoms. The summed E-state index contributed by atoms with van der Waals surface area (Å²) in [6.45, 7) is 0. The number of para-hydroxylation sites is 1. The Morgan fingerprint density at radius 2 is 1.71 bits per heavy atom. The Bertz CT molecular complexity index is 874. The van der Waals surface area contributed by atoms with Crippen LogP contribution in [0.1, 0.15) is 17.7 Å². The quantitative estimate of drug-likeness (QED) is 0.532. The lowest BCUT2D eigenvalue weighted by molar-refractivity contribution is 0.797. The lowest BCUT2D eigenvalue weighted by Gasteiger charge is -2.02. The molecule has 3 heteroatoms. The second-order valence-corrected chi connectivity index (χ2v) is 6.29. The molecule has 104 valence electrons. The van der Waals surface area contributed by atoms with Crippen LogP contribution in [0, 0.1) is 0 Å². The van der Waals surface area contributed by atoms with Gasteiger partial charge in [-0.2, -0.15) is 0 Å². The van der Waals surface area contributed by atoms with Crippen LogP contribution in [-0.4, -0.2) is 9.38 Å². The molecule has 0 saturated carbocycles. The van der Waals surface area contributed by atoms with Gasteiger partial charge < -0.3 is 0 Å². The molecule has 0 atom stereocenters. The van der Waals surface area contributed by atoms with Gasteiger partial charge in [-0.15, -0.1) is 0 Å². The molecule has 0 radical (unpaired) electrons. The van der Waals surface area contributed by atoms with Gasteiger partial charge in [0, 0.05) is 5.69 Å². The highest BCUT2D eigenvalue weighted by molar-refractivity contribution is 7.23. The molecule has 2 nitrogen and oxygen atoms in total. The number of thiazole rings is 1. The van der Waals surface area contributed by atoms with Crippen LogP contribution in [0.3, 0.4) is 0 Å². The summed E-state index contributed by atoms with van der Waals surface area (Å²) in [6, 6.07) is 19.2. The lowest BCUT2D eigenvalue weighted by atomic mass is 10.1. The van der Waals surface area contributed by atoms with Crippen LogP contribution in [0.5, 0.6) is 0 Å². The first-order valence-corrected chi connectivity index (χ1v) is 8.11. The minimum atomic E-state index is 1.07. The van der Waals surface area contributed by atoms with Crippen molar-refractivity contribution in [2.75, 3.05) is 0 Å². The predicted molar refractivity (Wildman–Crippen MR) is 89.0 cm³/mol. The Hall–Kier alpha value is -2.13. The van der Waals surface area contributed by atoms with E-state index in [0.29, 0.717) is 0 Å². The molecule has 4 aromatic rings. The number of hydrogen-bond acceptors (Lipinski definition) is 2. The highest BCUT2D eigenvalue weighted by Crippen LogP contribution is 2.27. The Morgan fingerprint density at radius 1 is 0.905 bits per heavy atom. The number of aromatic nitrogens is 2. The summed E-state index contributed by atoms with van der Waals surface area (Å²) in [6.07, 6.45) is 5.37. The van der Waals surface area contributed by atoms with Crippen molar-refractivity contribution in [1.82, 2.24) is 9.38 Å². The smallest absolute Gasteiger partial charge is 0.194 e. The summed E-state index contributed by atoms with van der Waals surface area (Å²) in [5.41, 5.74) is 4.01. The average molecular weight is 292 g/mol. The van der Waals surface area contributed by atoms with Crippen molar-refractivity contribution in [2.45, 2.75) is 19.3 Å². The van der Waals surface area contributed by atoms with E-state index < -0.39 is 0 Å². The number of nitrogens with zero attached hydrogens (tertiary/aromatic N) is 2. The Kier molecular flexibility index (Phi) is 3.20. The molecule has 0 N–H and O–H groups in total. The first kappa shape index (κ1) is 12.6. The molecule has 4 rings (SSSR count). The average Bonchev–Trinajstić information content (AvgIpc) is 3.08. The largest absolute Gasteiger partial charge is 0.287 e. The van der Waals surface area contributed by atoms with Gasteiger partial charge in [-0.25, -0.2) is 4.98 Å². The third-order valence-corrected chi connectivity index (χ3v) is 4.89. The molecule has 2 heterocycles. The van der Waals surface area contributed by atoms with Crippen LogP contribution in [0.2, 0.25) is 0 Å². The molecule has 0 amide bonds. The number of aryl methyl sites for hydroxylation is 2. The Morgan fingerprint density at radius 3 is 2.62 bits per heavy atom. The van der Waals surface area contributed by atoms with E-state index in [4.69, 9.17) is 0 Å². The number of hydrogen-bond donors (Lipinski definition) is 0. The van der Waals surface area contributed by atoms with Gasteiger partial charge in [0.2, 0.25) is 0 Å². The van der Waals surface area contributed by atoms with Crippen molar-refractivity contribution in [1.29, 1.82) is 0 Å². The molecular weight excluding hydrogens is 276 g/mol. The van der Waals surface area contributed by atoms with Crippen LogP contribution in [0.15, 0.2) is 60.8 Å². The van der Waals surface area contributed by atoms with Gasteiger partial charge in [-0.3, -0.25) is 4.40 Å². The van der Waals surface area contributed by atoms with Crippen LogP contribution in [-0.2, 0) is 12.8 Å². The zero-order chi connectivity index (χ0) is 14.1. The molecule has 0 spiro atoms. The molecule has 0 saturated heterocycles. The van der Waals surface area contributed by atoms with Crippen molar-refractivity contribution >= 4 is 26.5 Å². The number of fused-ring (bicyclic) bond motifs is 3. The second-order valence-electron chi connectivity index (χ2n) is 5.28. The lowest BCUT2D eigenvalue weighted by Crippen LogP contribution is -1.94. The SMILES string of the molecule is c1ccc(CCCc2cnc3sc4ccccc4n23)cc1. The van der Waals surface area contributed by atoms with Crippen LogP contribution in [0.4, 0.5) is 0 Å². The Labute approximate surface area is 127 Å². The molecule has 0 aliphatic carbocycles. The highest BCUT2D eigenvalue weighted by atomic mass is 32.1. The third kappa shape index (κ3) is 2.34. The van der Waals surface area contributed by atoms with E-state index in [2.05, 4.69) is 64.0 Å². The van der Waals surface area contributed by atoms with Gasteiger partial charge in [0.15, 0.2) is 4.96 Å². The second kappa shape index (κ2) is 5.34. The zero-order valence-corrected chi connectivity index (χ0v) is 12.5. The molecule has 0 aliphatic heterocycles. The summed E-state index contributed by atoms with van der Waals surface area (Å²) < 4.78 is 3.62. The fourth-order valence-electron chi connectivity index (χ4n) is 2.82. The molecule has 2 aromatic heterocycles. The summed E-state index contributed by atoms with van der Waals surface area (Å²) in [5.74, 6) is 0. The third-order valence-electron chi connectivity index (χ3n) is 3.85. The molecular formula is C18H16N2S. The Balaban J connectivity index is 1.59. The summed E-state index contributed by atoms with van der Waals surface area (Å²) in [7, 11) is 0. The highest BCUT2D eigenvalue weighted by Gasteiger charge is 2.09. The van der Waals surface area contributed by atoms with E-state index >= 15 is 0 Å². The van der Waals surface area contributed by atoms with E-state index in [1.165, 1.54) is 21.5 Å². The summed E-state index contributed by atoms with van der Waals surface area (Å²) in [4.78, 5) is 5.67. The number of benzene rings is 2. The van der Waals surface area contributed by atoms with Gasteiger partial charge in [0.05, 0.1) is 16.4 Å². The van der Waals surface area contributed by atoms with Gasteiger partial charge in [0.1, 0.15) is 0 Å². The van der Waals surface area contributed by atoms with Crippen LogP contribution < -0.4 is 0 Å². The minimum absolute atomic E-state index is 1.07. The van der Waals surface area contributed by atoms with Crippen molar-refractivity contribution in [2.24, 2.45) is 0 Å². The molecule has 0 aliphatic rings. The van der Waals surface area contributed by atoms with Gasteiger partial charge in [-0.1, -0.05) is 53.8 Å². The monoisotopic (exact) mass is 292 g/mol. The number of rotatable bonds is 4.